The number of ketones is 1. The Hall–Kier alpha value is -0.390. The number of hydrogen-bond acceptors (Lipinski definition) is 4. The van der Waals surface area contributed by atoms with Gasteiger partial charge in [0.05, 0.1) is 18.4 Å². The molecule has 2 atom stereocenters. The molecule has 0 aromatic heterocycles. The predicted octanol–water partition coefficient (Wildman–Crippen LogP) is -2.09. The van der Waals surface area contributed by atoms with Crippen molar-refractivity contribution in [2.75, 3.05) is 6.54 Å². The van der Waals surface area contributed by atoms with Crippen molar-refractivity contribution in [1.29, 1.82) is 0 Å². The average molecular weight is 317 g/mol. The third kappa shape index (κ3) is 4.80. The Kier molecular flexibility index (Phi) is 8.08. The van der Waals surface area contributed by atoms with E-state index in [1.807, 2.05) is 0 Å². The molecule has 0 aromatic carbocycles. The van der Waals surface area contributed by atoms with Crippen molar-refractivity contribution in [3.8, 4) is 0 Å². The van der Waals surface area contributed by atoms with Gasteiger partial charge in [-0.15, -0.1) is 0 Å². The second-order valence-corrected chi connectivity index (χ2v) is 6.34. The van der Waals surface area contributed by atoms with Crippen LogP contribution < -0.4 is 34.7 Å². The Morgan fingerprint density at radius 1 is 1.09 bits per heavy atom. The number of likely N-dealkylation sites (tertiary alicyclic amines) is 1. The number of aliphatic carboxylic acids is 1. The van der Waals surface area contributed by atoms with E-state index in [-0.39, 0.29) is 53.6 Å². The molecule has 1 amide bonds. The summed E-state index contributed by atoms with van der Waals surface area (Å²) in [6.45, 7) is 2.18. The fourth-order valence-electron chi connectivity index (χ4n) is 3.71. The monoisotopic (exact) mass is 317 g/mol. The Labute approximate surface area is 154 Å². The molecular formula is C16H24NNaO4. The van der Waals surface area contributed by atoms with Crippen LogP contribution in [0.4, 0.5) is 0 Å². The van der Waals surface area contributed by atoms with Crippen molar-refractivity contribution in [3.05, 3.63) is 0 Å². The molecule has 118 valence electrons. The molecule has 1 aliphatic heterocycles. The van der Waals surface area contributed by atoms with Crippen LogP contribution in [0, 0.1) is 11.8 Å². The van der Waals surface area contributed by atoms with Gasteiger partial charge in [0.1, 0.15) is 5.78 Å². The molecule has 0 spiro atoms. The first-order valence-corrected chi connectivity index (χ1v) is 8.05. The van der Waals surface area contributed by atoms with Gasteiger partial charge in [0, 0.05) is 13.0 Å². The summed E-state index contributed by atoms with van der Waals surface area (Å²) in [5.41, 5.74) is 0. The van der Waals surface area contributed by atoms with Crippen LogP contribution >= 0.6 is 0 Å². The van der Waals surface area contributed by atoms with E-state index < -0.39 is 12.0 Å². The summed E-state index contributed by atoms with van der Waals surface area (Å²) in [4.78, 5) is 36.3. The molecule has 6 heteroatoms. The minimum absolute atomic E-state index is 0. The zero-order chi connectivity index (χ0) is 15.4. The van der Waals surface area contributed by atoms with E-state index in [0.29, 0.717) is 25.3 Å². The van der Waals surface area contributed by atoms with Gasteiger partial charge in [-0.25, -0.2) is 0 Å². The van der Waals surface area contributed by atoms with Gasteiger partial charge in [-0.1, -0.05) is 39.0 Å². The quantitative estimate of drug-likeness (QED) is 0.430. The van der Waals surface area contributed by atoms with Gasteiger partial charge in [-0.2, -0.15) is 0 Å². The number of Topliss-reactive ketones (excluding diaryl/α,β-unsaturated/α-hetero) is 1. The number of carboxylic acids is 1. The summed E-state index contributed by atoms with van der Waals surface area (Å²) >= 11 is 0. The van der Waals surface area contributed by atoms with Crippen molar-refractivity contribution >= 4 is 17.7 Å². The predicted molar refractivity (Wildman–Crippen MR) is 75.1 cm³/mol. The molecule has 0 aromatic rings. The number of carboxylic acid groups (broad SMARTS) is 1. The van der Waals surface area contributed by atoms with Crippen molar-refractivity contribution < 1.29 is 49.0 Å². The van der Waals surface area contributed by atoms with Crippen LogP contribution in [-0.4, -0.2) is 35.1 Å². The molecular weight excluding hydrogens is 293 g/mol. The topological polar surface area (TPSA) is 77.5 Å². The molecule has 1 saturated carbocycles. The summed E-state index contributed by atoms with van der Waals surface area (Å²) in [6, 6.07) is -0.853. The van der Waals surface area contributed by atoms with Gasteiger partial charge in [0.25, 0.3) is 0 Å². The number of nitrogens with zero attached hydrogens (tertiary/aromatic N) is 1. The van der Waals surface area contributed by atoms with E-state index in [0.717, 1.165) is 12.8 Å². The van der Waals surface area contributed by atoms with Crippen LogP contribution in [0.1, 0.15) is 58.3 Å². The standard InChI is InChI=1S/C16H25NO4.Na/c1-2-13(18)9-15(19)17-10-12(8-14(17)16(20)21)11-6-4-3-5-7-11;/h11-12,14H,2-10H2,1H3,(H,20,21);/q;+1/p-1/t12-,14+;/m1./s1. The van der Waals surface area contributed by atoms with E-state index in [1.54, 1.807) is 6.92 Å². The molecule has 0 N–H and O–H groups in total. The smallest absolute Gasteiger partial charge is 0.548 e. The van der Waals surface area contributed by atoms with Crippen LogP contribution in [0.2, 0.25) is 0 Å². The molecule has 0 radical (unpaired) electrons. The van der Waals surface area contributed by atoms with Crippen molar-refractivity contribution in [2.45, 2.75) is 64.3 Å². The summed E-state index contributed by atoms with van der Waals surface area (Å²) in [5.74, 6) is -0.924. The van der Waals surface area contributed by atoms with Gasteiger partial charge in [0.15, 0.2) is 0 Å². The van der Waals surface area contributed by atoms with E-state index in [1.165, 1.54) is 24.2 Å². The van der Waals surface area contributed by atoms with Crippen molar-refractivity contribution in [1.82, 2.24) is 4.90 Å². The minimum atomic E-state index is -1.19. The van der Waals surface area contributed by atoms with Crippen LogP contribution in [0.25, 0.3) is 0 Å². The fraction of sp³-hybridized carbons (Fsp3) is 0.812. The third-order valence-electron chi connectivity index (χ3n) is 4.99. The molecule has 1 heterocycles. The van der Waals surface area contributed by atoms with Crippen molar-refractivity contribution in [2.24, 2.45) is 11.8 Å². The van der Waals surface area contributed by atoms with Gasteiger partial charge in [-0.05, 0) is 18.3 Å². The first-order valence-electron chi connectivity index (χ1n) is 8.05. The first-order chi connectivity index (χ1) is 10.0. The SMILES string of the molecule is CCC(=O)CC(=O)N1C[C@H](C2CCCCC2)C[C@H]1C(=O)[O-].[Na+]. The molecule has 22 heavy (non-hydrogen) atoms. The number of rotatable bonds is 5. The molecule has 1 aliphatic carbocycles. The molecule has 0 unspecified atom stereocenters. The maximum absolute atomic E-state index is 12.2. The first kappa shape index (κ1) is 19.7. The van der Waals surface area contributed by atoms with Gasteiger partial charge < -0.3 is 14.8 Å². The van der Waals surface area contributed by atoms with E-state index in [9.17, 15) is 19.5 Å². The average Bonchev–Trinajstić information content (AvgIpc) is 2.93. The van der Waals surface area contributed by atoms with Crippen LogP contribution in [-0.2, 0) is 14.4 Å². The zero-order valence-electron chi connectivity index (χ0n) is 13.7. The number of carbonyl (C=O) groups excluding carboxylic acids is 3. The van der Waals surface area contributed by atoms with E-state index in [4.69, 9.17) is 0 Å². The number of hydrogen-bond donors (Lipinski definition) is 0. The minimum Gasteiger partial charge on any atom is -0.548 e. The Bertz CT molecular complexity index is 420. The second kappa shape index (κ2) is 9.04. The Morgan fingerprint density at radius 3 is 2.27 bits per heavy atom. The molecule has 2 rings (SSSR count). The van der Waals surface area contributed by atoms with Crippen LogP contribution in [0.15, 0.2) is 0 Å². The second-order valence-electron chi connectivity index (χ2n) is 6.34. The summed E-state index contributed by atoms with van der Waals surface area (Å²) in [5, 5.41) is 11.3. The Morgan fingerprint density at radius 2 is 1.73 bits per heavy atom. The molecule has 1 saturated heterocycles. The molecule has 2 aliphatic rings. The summed E-state index contributed by atoms with van der Waals surface area (Å²) in [6.07, 6.45) is 6.50. The van der Waals surface area contributed by atoms with E-state index in [2.05, 4.69) is 0 Å². The molecule has 5 nitrogen and oxygen atoms in total. The third-order valence-corrected chi connectivity index (χ3v) is 4.99. The normalized spacial score (nSPS) is 25.6. The maximum Gasteiger partial charge on any atom is 1.00 e. The number of carbonyl (C=O) groups is 3. The molecule has 2 fully saturated rings. The summed E-state index contributed by atoms with van der Waals surface area (Å²) in [7, 11) is 0. The molecule has 0 bridgehead atoms. The fourth-order valence-corrected chi connectivity index (χ4v) is 3.71. The maximum atomic E-state index is 12.2. The largest absolute Gasteiger partial charge is 1.00 e. The Balaban J connectivity index is 0.00000242. The number of amides is 1. The van der Waals surface area contributed by atoms with Crippen LogP contribution in [0.5, 0.6) is 0 Å². The van der Waals surface area contributed by atoms with Gasteiger partial charge in [-0.3, -0.25) is 9.59 Å². The van der Waals surface area contributed by atoms with Crippen LogP contribution in [0.3, 0.4) is 0 Å². The zero-order valence-corrected chi connectivity index (χ0v) is 15.7. The van der Waals surface area contributed by atoms with Gasteiger partial charge in [0.2, 0.25) is 5.91 Å². The summed E-state index contributed by atoms with van der Waals surface area (Å²) < 4.78 is 0. The van der Waals surface area contributed by atoms with Gasteiger partial charge >= 0.3 is 29.6 Å². The van der Waals surface area contributed by atoms with Crippen molar-refractivity contribution in [3.63, 3.8) is 0 Å². The van der Waals surface area contributed by atoms with E-state index >= 15 is 0 Å².